The highest BCUT2D eigenvalue weighted by Crippen LogP contribution is 2.32. The predicted octanol–water partition coefficient (Wildman–Crippen LogP) is 5.59. The van der Waals surface area contributed by atoms with Gasteiger partial charge in [-0.25, -0.2) is 14.4 Å². The lowest BCUT2D eigenvalue weighted by atomic mass is 10.0. The van der Waals surface area contributed by atoms with Crippen molar-refractivity contribution in [2.24, 2.45) is 0 Å². The number of nitrogens with zero attached hydrogens (tertiary/aromatic N) is 3. The molecule has 2 N–H and O–H groups in total. The third kappa shape index (κ3) is 3.27. The van der Waals surface area contributed by atoms with E-state index in [1.165, 1.54) is 18.5 Å². The standard InChI is InChI=1S/C20H15ClFN5/c1-11(2)15-9-24-17(14-7-12(21)3-4-16(14)22)8-18(15)27-20-13-5-6-23-19(13)25-10-26-20/h3-10H,1H2,2H3,(H2,23,24,25,26,27). The van der Waals surface area contributed by atoms with E-state index in [-0.39, 0.29) is 0 Å². The number of H-pyrrole nitrogens is 1. The van der Waals surface area contributed by atoms with E-state index in [2.05, 4.69) is 31.8 Å². The molecule has 0 spiro atoms. The molecule has 0 aliphatic carbocycles. The van der Waals surface area contributed by atoms with Crippen LogP contribution in [0.3, 0.4) is 0 Å². The normalized spacial score (nSPS) is 10.9. The second-order valence-corrected chi connectivity index (χ2v) is 6.54. The van der Waals surface area contributed by atoms with Crippen LogP contribution in [0, 0.1) is 5.82 Å². The molecule has 0 bridgehead atoms. The SMILES string of the molecule is C=C(C)c1cnc(-c2cc(Cl)ccc2F)cc1Nc1ncnc2[nH]ccc12. The van der Waals surface area contributed by atoms with Crippen molar-refractivity contribution < 1.29 is 4.39 Å². The van der Waals surface area contributed by atoms with Crippen molar-refractivity contribution in [3.05, 3.63) is 72.0 Å². The molecule has 0 aliphatic heterocycles. The number of pyridine rings is 1. The fourth-order valence-electron chi connectivity index (χ4n) is 2.84. The van der Waals surface area contributed by atoms with Gasteiger partial charge in [0.25, 0.3) is 0 Å². The number of rotatable bonds is 4. The lowest BCUT2D eigenvalue weighted by molar-refractivity contribution is 0.631. The molecule has 0 aliphatic rings. The highest BCUT2D eigenvalue weighted by molar-refractivity contribution is 6.30. The number of halogens is 2. The Bertz CT molecular complexity index is 1170. The van der Waals surface area contributed by atoms with E-state index >= 15 is 0 Å². The first-order valence-electron chi connectivity index (χ1n) is 8.19. The second kappa shape index (κ2) is 6.81. The van der Waals surface area contributed by atoms with Gasteiger partial charge in [0, 0.05) is 28.5 Å². The summed E-state index contributed by atoms with van der Waals surface area (Å²) in [7, 11) is 0. The van der Waals surface area contributed by atoms with Crippen molar-refractivity contribution >= 4 is 39.7 Å². The van der Waals surface area contributed by atoms with Gasteiger partial charge >= 0.3 is 0 Å². The summed E-state index contributed by atoms with van der Waals surface area (Å²) >= 11 is 6.03. The quantitative estimate of drug-likeness (QED) is 0.485. The van der Waals surface area contributed by atoms with Gasteiger partial charge in [0.1, 0.15) is 23.6 Å². The maximum Gasteiger partial charge on any atom is 0.143 e. The van der Waals surface area contributed by atoms with E-state index in [1.54, 1.807) is 24.5 Å². The van der Waals surface area contributed by atoms with Gasteiger partial charge in [-0.2, -0.15) is 0 Å². The first-order chi connectivity index (χ1) is 13.0. The van der Waals surface area contributed by atoms with Crippen LogP contribution in [0.4, 0.5) is 15.9 Å². The van der Waals surface area contributed by atoms with Gasteiger partial charge in [0.15, 0.2) is 0 Å². The van der Waals surface area contributed by atoms with Crippen LogP contribution in [0.1, 0.15) is 12.5 Å². The first kappa shape index (κ1) is 17.2. The zero-order valence-electron chi connectivity index (χ0n) is 14.4. The molecule has 1 aromatic carbocycles. The molecule has 0 saturated heterocycles. The van der Waals surface area contributed by atoms with Crippen LogP contribution in [0.25, 0.3) is 27.9 Å². The molecule has 0 amide bonds. The minimum Gasteiger partial charge on any atom is -0.346 e. The van der Waals surface area contributed by atoms with E-state index < -0.39 is 5.82 Å². The van der Waals surface area contributed by atoms with Gasteiger partial charge in [-0.05, 0) is 42.8 Å². The van der Waals surface area contributed by atoms with Crippen molar-refractivity contribution in [3.8, 4) is 11.3 Å². The van der Waals surface area contributed by atoms with Crippen molar-refractivity contribution in [1.82, 2.24) is 19.9 Å². The van der Waals surface area contributed by atoms with E-state index in [4.69, 9.17) is 11.6 Å². The highest BCUT2D eigenvalue weighted by atomic mass is 35.5. The predicted molar refractivity (Wildman–Crippen MR) is 107 cm³/mol. The summed E-state index contributed by atoms with van der Waals surface area (Å²) in [6, 6.07) is 8.03. The average Bonchev–Trinajstić information content (AvgIpc) is 3.13. The number of aromatic nitrogens is 4. The molecule has 0 fully saturated rings. The lowest BCUT2D eigenvalue weighted by Gasteiger charge is -2.14. The molecule has 3 aromatic heterocycles. The van der Waals surface area contributed by atoms with E-state index in [9.17, 15) is 4.39 Å². The van der Waals surface area contributed by atoms with Crippen molar-refractivity contribution in [2.45, 2.75) is 6.92 Å². The summed E-state index contributed by atoms with van der Waals surface area (Å²) in [5.74, 6) is 0.239. The van der Waals surface area contributed by atoms with Gasteiger partial charge in [-0.3, -0.25) is 4.98 Å². The van der Waals surface area contributed by atoms with Gasteiger partial charge in [-0.1, -0.05) is 18.2 Å². The van der Waals surface area contributed by atoms with E-state index in [0.717, 1.165) is 22.2 Å². The number of aromatic amines is 1. The van der Waals surface area contributed by atoms with Gasteiger partial charge in [-0.15, -0.1) is 0 Å². The Morgan fingerprint density at radius 1 is 1.19 bits per heavy atom. The van der Waals surface area contributed by atoms with E-state index in [1.807, 2.05) is 13.0 Å². The summed E-state index contributed by atoms with van der Waals surface area (Å²) < 4.78 is 14.3. The Morgan fingerprint density at radius 3 is 2.85 bits per heavy atom. The number of fused-ring (bicyclic) bond motifs is 1. The Kier molecular flexibility index (Phi) is 4.33. The van der Waals surface area contributed by atoms with Crippen LogP contribution >= 0.6 is 11.6 Å². The van der Waals surface area contributed by atoms with Crippen LogP contribution in [0.2, 0.25) is 5.02 Å². The first-order valence-corrected chi connectivity index (χ1v) is 8.57. The maximum absolute atomic E-state index is 14.3. The smallest absolute Gasteiger partial charge is 0.143 e. The molecule has 3 heterocycles. The third-order valence-electron chi connectivity index (χ3n) is 4.18. The number of hydrogen-bond donors (Lipinski definition) is 2. The molecule has 134 valence electrons. The van der Waals surface area contributed by atoms with Crippen molar-refractivity contribution in [2.75, 3.05) is 5.32 Å². The molecular weight excluding hydrogens is 365 g/mol. The number of anilines is 2. The largest absolute Gasteiger partial charge is 0.346 e. The number of allylic oxidation sites excluding steroid dienone is 1. The van der Waals surface area contributed by atoms with Crippen LogP contribution in [0.5, 0.6) is 0 Å². The Morgan fingerprint density at radius 2 is 2.04 bits per heavy atom. The zero-order chi connectivity index (χ0) is 19.0. The molecule has 4 aromatic rings. The topological polar surface area (TPSA) is 66.5 Å². The summed E-state index contributed by atoms with van der Waals surface area (Å²) in [6.07, 6.45) is 4.93. The number of hydrogen-bond acceptors (Lipinski definition) is 4. The Labute approximate surface area is 160 Å². The lowest BCUT2D eigenvalue weighted by Crippen LogP contribution is -2.00. The monoisotopic (exact) mass is 379 g/mol. The van der Waals surface area contributed by atoms with Crippen LogP contribution in [-0.2, 0) is 0 Å². The number of benzene rings is 1. The molecule has 0 saturated carbocycles. The van der Waals surface area contributed by atoms with Crippen molar-refractivity contribution in [1.29, 1.82) is 0 Å². The molecule has 5 nitrogen and oxygen atoms in total. The Hall–Kier alpha value is -3.25. The van der Waals surface area contributed by atoms with Gasteiger partial charge in [0.05, 0.1) is 16.8 Å². The summed E-state index contributed by atoms with van der Waals surface area (Å²) in [4.78, 5) is 15.9. The maximum atomic E-state index is 14.3. The fourth-order valence-corrected chi connectivity index (χ4v) is 3.01. The number of nitrogens with one attached hydrogen (secondary N) is 2. The highest BCUT2D eigenvalue weighted by Gasteiger charge is 2.13. The molecule has 27 heavy (non-hydrogen) atoms. The van der Waals surface area contributed by atoms with Gasteiger partial charge < -0.3 is 10.3 Å². The molecule has 4 rings (SSSR count). The minimum absolute atomic E-state index is 0.327. The van der Waals surface area contributed by atoms with Crippen molar-refractivity contribution in [3.63, 3.8) is 0 Å². The molecule has 7 heteroatoms. The van der Waals surface area contributed by atoms with Crippen LogP contribution in [0.15, 0.2) is 55.6 Å². The molecular formula is C20H15ClFN5. The Balaban J connectivity index is 1.84. The minimum atomic E-state index is -0.393. The summed E-state index contributed by atoms with van der Waals surface area (Å²) in [5, 5.41) is 4.59. The van der Waals surface area contributed by atoms with Crippen LogP contribution in [-0.4, -0.2) is 19.9 Å². The summed E-state index contributed by atoms with van der Waals surface area (Å²) in [5.41, 5.74) is 3.86. The third-order valence-corrected chi connectivity index (χ3v) is 4.41. The average molecular weight is 380 g/mol. The van der Waals surface area contributed by atoms with Crippen LogP contribution < -0.4 is 5.32 Å². The molecule has 0 unspecified atom stereocenters. The zero-order valence-corrected chi connectivity index (χ0v) is 15.2. The van der Waals surface area contributed by atoms with E-state index in [0.29, 0.717) is 27.8 Å². The molecule has 0 atom stereocenters. The van der Waals surface area contributed by atoms with Gasteiger partial charge in [0.2, 0.25) is 0 Å². The second-order valence-electron chi connectivity index (χ2n) is 6.11. The molecule has 0 radical (unpaired) electrons. The fraction of sp³-hybridized carbons (Fsp3) is 0.0500. The summed E-state index contributed by atoms with van der Waals surface area (Å²) in [6.45, 7) is 5.88.